The fraction of sp³-hybridized carbons (Fsp3) is 0.125. The quantitative estimate of drug-likeness (QED) is 0.340. The molecule has 0 aliphatic carbocycles. The van der Waals surface area contributed by atoms with Crippen molar-refractivity contribution in [2.75, 3.05) is 0 Å². The zero-order chi connectivity index (χ0) is 19.9. The van der Waals surface area contributed by atoms with Crippen molar-refractivity contribution in [3.63, 3.8) is 0 Å². The number of ether oxygens (including phenoxy) is 1. The standard InChI is InChI=1S/C24H18F2O2/c1-2-3-17-4-6-18(7-5-17)8-9-19-10-12-20(13-11-19)24(27)28-23-15-14-21(25)16-22(23)26/h4-7,10-16H,2-3H2,1H3. The van der Waals surface area contributed by atoms with Crippen LogP contribution in [0.15, 0.2) is 66.7 Å². The molecule has 0 saturated carbocycles. The molecule has 0 amide bonds. The van der Waals surface area contributed by atoms with Gasteiger partial charge in [-0.2, -0.15) is 0 Å². The molecule has 0 spiro atoms. The number of carbonyl (C=O) groups is 1. The van der Waals surface area contributed by atoms with E-state index in [1.54, 1.807) is 24.3 Å². The maximum Gasteiger partial charge on any atom is 0.343 e. The Morgan fingerprint density at radius 3 is 2.07 bits per heavy atom. The van der Waals surface area contributed by atoms with Crippen molar-refractivity contribution >= 4 is 5.97 Å². The number of rotatable bonds is 4. The lowest BCUT2D eigenvalue weighted by atomic mass is 10.1. The van der Waals surface area contributed by atoms with Crippen LogP contribution in [0.4, 0.5) is 8.78 Å². The average Bonchev–Trinajstić information content (AvgIpc) is 2.70. The van der Waals surface area contributed by atoms with E-state index < -0.39 is 17.6 Å². The summed E-state index contributed by atoms with van der Waals surface area (Å²) in [7, 11) is 0. The molecule has 0 radical (unpaired) electrons. The summed E-state index contributed by atoms with van der Waals surface area (Å²) in [6.07, 6.45) is 2.15. The summed E-state index contributed by atoms with van der Waals surface area (Å²) in [4.78, 5) is 12.1. The molecule has 0 bridgehead atoms. The number of carbonyl (C=O) groups excluding carboxylic acids is 1. The van der Waals surface area contributed by atoms with Crippen molar-refractivity contribution in [2.24, 2.45) is 0 Å². The molecule has 0 N–H and O–H groups in total. The first kappa shape index (κ1) is 19.3. The van der Waals surface area contributed by atoms with E-state index in [0.29, 0.717) is 6.07 Å². The molecular weight excluding hydrogens is 358 g/mol. The summed E-state index contributed by atoms with van der Waals surface area (Å²) in [5, 5.41) is 0. The third-order valence-electron chi connectivity index (χ3n) is 4.06. The lowest BCUT2D eigenvalue weighted by Crippen LogP contribution is -2.09. The highest BCUT2D eigenvalue weighted by atomic mass is 19.1. The summed E-state index contributed by atoms with van der Waals surface area (Å²) in [5.74, 6) is 3.41. The van der Waals surface area contributed by atoms with E-state index in [4.69, 9.17) is 4.74 Å². The van der Waals surface area contributed by atoms with Crippen LogP contribution in [0.1, 0.15) is 40.4 Å². The van der Waals surface area contributed by atoms with E-state index in [9.17, 15) is 13.6 Å². The van der Waals surface area contributed by atoms with Gasteiger partial charge in [-0.15, -0.1) is 0 Å². The van der Waals surface area contributed by atoms with Crippen LogP contribution in [0.3, 0.4) is 0 Å². The fourth-order valence-electron chi connectivity index (χ4n) is 2.59. The normalized spacial score (nSPS) is 10.1. The van der Waals surface area contributed by atoms with Crippen molar-refractivity contribution in [2.45, 2.75) is 19.8 Å². The Morgan fingerprint density at radius 2 is 1.50 bits per heavy atom. The van der Waals surface area contributed by atoms with Gasteiger partial charge < -0.3 is 4.74 Å². The van der Waals surface area contributed by atoms with E-state index in [1.165, 1.54) is 5.56 Å². The molecule has 3 aromatic carbocycles. The first-order valence-electron chi connectivity index (χ1n) is 8.93. The summed E-state index contributed by atoms with van der Waals surface area (Å²) >= 11 is 0. The Morgan fingerprint density at radius 1 is 0.893 bits per heavy atom. The first-order valence-corrected chi connectivity index (χ1v) is 8.93. The third kappa shape index (κ3) is 5.05. The number of halogens is 2. The molecule has 3 rings (SSSR count). The van der Waals surface area contributed by atoms with Crippen LogP contribution < -0.4 is 4.74 Å². The van der Waals surface area contributed by atoms with Crippen LogP contribution in [0, 0.1) is 23.5 Å². The molecule has 0 aliphatic rings. The van der Waals surface area contributed by atoms with Gasteiger partial charge in [0.25, 0.3) is 0 Å². The predicted octanol–water partition coefficient (Wildman–Crippen LogP) is 5.54. The maximum absolute atomic E-state index is 13.6. The molecule has 0 unspecified atom stereocenters. The van der Waals surface area contributed by atoms with Crippen molar-refractivity contribution in [3.05, 3.63) is 101 Å². The Kier molecular flexibility index (Phi) is 6.18. The van der Waals surface area contributed by atoms with E-state index in [0.717, 1.165) is 36.1 Å². The minimum Gasteiger partial charge on any atom is -0.420 e. The van der Waals surface area contributed by atoms with Gasteiger partial charge >= 0.3 is 5.97 Å². The molecule has 0 saturated heterocycles. The smallest absolute Gasteiger partial charge is 0.343 e. The zero-order valence-corrected chi connectivity index (χ0v) is 15.3. The van der Waals surface area contributed by atoms with E-state index in [2.05, 4.69) is 30.9 Å². The number of aryl methyl sites for hydroxylation is 1. The molecule has 140 valence electrons. The molecule has 0 aromatic heterocycles. The minimum absolute atomic E-state index is 0.248. The lowest BCUT2D eigenvalue weighted by Gasteiger charge is -2.05. The van der Waals surface area contributed by atoms with E-state index in [-0.39, 0.29) is 11.3 Å². The summed E-state index contributed by atoms with van der Waals surface area (Å²) in [6.45, 7) is 2.14. The average molecular weight is 376 g/mol. The lowest BCUT2D eigenvalue weighted by molar-refractivity contribution is 0.0727. The Bertz CT molecular complexity index is 1030. The Labute approximate surface area is 162 Å². The van der Waals surface area contributed by atoms with E-state index in [1.807, 2.05) is 12.1 Å². The second-order valence-electron chi connectivity index (χ2n) is 6.24. The fourth-order valence-corrected chi connectivity index (χ4v) is 2.59. The van der Waals surface area contributed by atoms with Crippen LogP contribution >= 0.6 is 0 Å². The molecule has 28 heavy (non-hydrogen) atoms. The monoisotopic (exact) mass is 376 g/mol. The van der Waals surface area contributed by atoms with Gasteiger partial charge in [0.2, 0.25) is 0 Å². The van der Waals surface area contributed by atoms with Crippen LogP contribution in [-0.2, 0) is 6.42 Å². The highest BCUT2D eigenvalue weighted by Gasteiger charge is 2.12. The highest BCUT2D eigenvalue weighted by Crippen LogP contribution is 2.19. The van der Waals surface area contributed by atoms with Crippen molar-refractivity contribution in [3.8, 4) is 17.6 Å². The van der Waals surface area contributed by atoms with Gasteiger partial charge in [-0.25, -0.2) is 13.6 Å². The van der Waals surface area contributed by atoms with Crippen LogP contribution in [0.25, 0.3) is 0 Å². The number of benzene rings is 3. The molecule has 0 heterocycles. The third-order valence-corrected chi connectivity index (χ3v) is 4.06. The van der Waals surface area contributed by atoms with Gasteiger partial charge in [0.1, 0.15) is 5.82 Å². The van der Waals surface area contributed by atoms with Crippen molar-refractivity contribution in [1.82, 2.24) is 0 Å². The van der Waals surface area contributed by atoms with Gasteiger partial charge in [0.15, 0.2) is 11.6 Å². The second kappa shape index (κ2) is 8.96. The van der Waals surface area contributed by atoms with Crippen molar-refractivity contribution < 1.29 is 18.3 Å². The van der Waals surface area contributed by atoms with Crippen LogP contribution in [0.5, 0.6) is 5.75 Å². The van der Waals surface area contributed by atoms with E-state index >= 15 is 0 Å². The van der Waals surface area contributed by atoms with Crippen LogP contribution in [-0.4, -0.2) is 5.97 Å². The van der Waals surface area contributed by atoms with Gasteiger partial charge in [-0.3, -0.25) is 0 Å². The highest BCUT2D eigenvalue weighted by molar-refractivity contribution is 5.91. The van der Waals surface area contributed by atoms with Gasteiger partial charge in [0.05, 0.1) is 5.56 Å². The largest absolute Gasteiger partial charge is 0.420 e. The Hall–Kier alpha value is -3.45. The SMILES string of the molecule is CCCc1ccc(C#Cc2ccc(C(=O)Oc3ccc(F)cc3F)cc2)cc1. The summed E-state index contributed by atoms with van der Waals surface area (Å²) in [5.41, 5.74) is 3.18. The molecule has 0 atom stereocenters. The summed E-state index contributed by atoms with van der Waals surface area (Å²) in [6, 6.07) is 17.4. The number of hydrogen-bond donors (Lipinski definition) is 0. The van der Waals surface area contributed by atoms with Gasteiger partial charge in [0, 0.05) is 17.2 Å². The predicted molar refractivity (Wildman–Crippen MR) is 104 cm³/mol. The molecular formula is C24H18F2O2. The molecule has 2 nitrogen and oxygen atoms in total. The van der Waals surface area contributed by atoms with Gasteiger partial charge in [-0.05, 0) is 60.5 Å². The topological polar surface area (TPSA) is 26.3 Å². The first-order chi connectivity index (χ1) is 13.5. The second-order valence-corrected chi connectivity index (χ2v) is 6.24. The molecule has 3 aromatic rings. The summed E-state index contributed by atoms with van der Waals surface area (Å²) < 4.78 is 31.5. The maximum atomic E-state index is 13.6. The molecule has 4 heteroatoms. The minimum atomic E-state index is -0.930. The number of hydrogen-bond acceptors (Lipinski definition) is 2. The van der Waals surface area contributed by atoms with Crippen molar-refractivity contribution in [1.29, 1.82) is 0 Å². The zero-order valence-electron chi connectivity index (χ0n) is 15.3. The van der Waals surface area contributed by atoms with Crippen LogP contribution in [0.2, 0.25) is 0 Å². The molecule has 0 fully saturated rings. The Balaban J connectivity index is 1.67. The number of esters is 1. The molecule has 0 aliphatic heterocycles. The van der Waals surface area contributed by atoms with Gasteiger partial charge in [-0.1, -0.05) is 37.3 Å².